The quantitative estimate of drug-likeness (QED) is 0.680. The highest BCUT2D eigenvalue weighted by molar-refractivity contribution is 5.73. The summed E-state index contributed by atoms with van der Waals surface area (Å²) in [5, 5.41) is 9.01. The molecule has 0 rings (SSSR count). The van der Waals surface area contributed by atoms with Crippen LogP contribution in [-0.4, -0.2) is 11.1 Å². The summed E-state index contributed by atoms with van der Waals surface area (Å²) < 4.78 is 0. The average Bonchev–Trinajstić information content (AvgIpc) is 2.11. The summed E-state index contributed by atoms with van der Waals surface area (Å²) in [6, 6.07) is 0. The van der Waals surface area contributed by atoms with Crippen molar-refractivity contribution in [1.82, 2.24) is 0 Å². The van der Waals surface area contributed by atoms with E-state index in [-0.39, 0.29) is 0 Å². The maximum absolute atomic E-state index is 10.9. The van der Waals surface area contributed by atoms with Crippen LogP contribution in [0.25, 0.3) is 0 Å². The van der Waals surface area contributed by atoms with E-state index in [4.69, 9.17) is 5.11 Å². The van der Waals surface area contributed by atoms with Crippen molar-refractivity contribution in [3.05, 3.63) is 0 Å². The van der Waals surface area contributed by atoms with Crippen LogP contribution in [0.3, 0.4) is 0 Å². The van der Waals surface area contributed by atoms with Gasteiger partial charge in [-0.1, -0.05) is 39.5 Å². The van der Waals surface area contributed by atoms with Crippen molar-refractivity contribution in [2.45, 2.75) is 59.8 Å². The Balaban J connectivity index is 4.09. The molecule has 0 saturated heterocycles. The Bertz CT molecular complexity index is 173. The predicted octanol–water partition coefficient (Wildman–Crippen LogP) is 3.70. The van der Waals surface area contributed by atoms with Gasteiger partial charge in [0.15, 0.2) is 0 Å². The summed E-state index contributed by atoms with van der Waals surface area (Å²) in [5.74, 6) is -0.103. The van der Waals surface area contributed by atoms with Crippen molar-refractivity contribution >= 4 is 5.97 Å². The third-order valence-corrected chi connectivity index (χ3v) is 2.92. The Kier molecular flexibility index (Phi) is 5.82. The van der Waals surface area contributed by atoms with Crippen LogP contribution in [0, 0.1) is 11.3 Å². The maximum atomic E-state index is 10.9. The van der Waals surface area contributed by atoms with E-state index in [1.54, 1.807) is 0 Å². The van der Waals surface area contributed by atoms with Crippen molar-refractivity contribution in [2.24, 2.45) is 11.3 Å². The number of unbranched alkanes of at least 4 members (excludes halogenated alkanes) is 1. The zero-order chi connectivity index (χ0) is 11.2. The maximum Gasteiger partial charge on any atom is 0.309 e. The summed E-state index contributed by atoms with van der Waals surface area (Å²) in [7, 11) is 0. The highest BCUT2D eigenvalue weighted by atomic mass is 16.4. The van der Waals surface area contributed by atoms with Gasteiger partial charge >= 0.3 is 5.97 Å². The molecule has 0 saturated carbocycles. The molecule has 2 heteroatoms. The first-order valence-electron chi connectivity index (χ1n) is 5.67. The van der Waals surface area contributed by atoms with Crippen molar-refractivity contribution < 1.29 is 9.90 Å². The van der Waals surface area contributed by atoms with Crippen molar-refractivity contribution in [1.29, 1.82) is 0 Å². The van der Waals surface area contributed by atoms with E-state index >= 15 is 0 Å². The molecule has 0 aromatic rings. The lowest BCUT2D eigenvalue weighted by molar-refractivity contribution is -0.148. The van der Waals surface area contributed by atoms with Gasteiger partial charge in [0.25, 0.3) is 0 Å². The smallest absolute Gasteiger partial charge is 0.309 e. The number of aliphatic carboxylic acids is 1. The first-order valence-corrected chi connectivity index (χ1v) is 5.67. The third kappa shape index (κ3) is 4.64. The normalized spacial score (nSPS) is 14.0. The lowest BCUT2D eigenvalue weighted by Gasteiger charge is -2.25. The molecule has 1 atom stereocenters. The van der Waals surface area contributed by atoms with Gasteiger partial charge in [-0.3, -0.25) is 4.79 Å². The lowest BCUT2D eigenvalue weighted by atomic mass is 9.80. The van der Waals surface area contributed by atoms with E-state index in [9.17, 15) is 4.79 Å². The number of hydrogen-bond acceptors (Lipinski definition) is 1. The molecule has 0 aromatic carbocycles. The van der Waals surface area contributed by atoms with Gasteiger partial charge in [-0.15, -0.1) is 0 Å². The molecule has 0 fully saturated rings. The van der Waals surface area contributed by atoms with E-state index in [1.165, 1.54) is 19.3 Å². The summed E-state index contributed by atoms with van der Waals surface area (Å²) in [6.45, 7) is 7.97. The highest BCUT2D eigenvalue weighted by Gasteiger charge is 2.29. The van der Waals surface area contributed by atoms with Gasteiger partial charge in [0, 0.05) is 0 Å². The first-order chi connectivity index (χ1) is 6.44. The molecule has 1 unspecified atom stereocenters. The summed E-state index contributed by atoms with van der Waals surface area (Å²) in [6.07, 6.45) is 5.48. The van der Waals surface area contributed by atoms with Crippen LogP contribution in [0.15, 0.2) is 0 Å². The molecule has 84 valence electrons. The second kappa shape index (κ2) is 6.05. The Morgan fingerprint density at radius 2 is 1.93 bits per heavy atom. The third-order valence-electron chi connectivity index (χ3n) is 2.92. The second-order valence-corrected chi connectivity index (χ2v) is 4.81. The molecule has 0 heterocycles. The molecule has 1 N–H and O–H groups in total. The standard InChI is InChI=1S/C12H24O2/c1-5-7-8-10(6-2)9-12(3,4)11(13)14/h10H,5-9H2,1-4H3,(H,13,14). The molecule has 0 aliphatic carbocycles. The van der Waals surface area contributed by atoms with Gasteiger partial charge in [0.1, 0.15) is 0 Å². The molecule has 0 aromatic heterocycles. The van der Waals surface area contributed by atoms with Crippen LogP contribution in [-0.2, 0) is 4.79 Å². The van der Waals surface area contributed by atoms with Gasteiger partial charge in [0.05, 0.1) is 5.41 Å². The zero-order valence-corrected chi connectivity index (χ0v) is 9.97. The van der Waals surface area contributed by atoms with Crippen LogP contribution in [0.4, 0.5) is 0 Å². The van der Waals surface area contributed by atoms with Crippen LogP contribution >= 0.6 is 0 Å². The molecule has 0 amide bonds. The fraction of sp³-hybridized carbons (Fsp3) is 0.917. The minimum absolute atomic E-state index is 0.561. The van der Waals surface area contributed by atoms with Gasteiger partial charge in [0.2, 0.25) is 0 Å². The van der Waals surface area contributed by atoms with Crippen LogP contribution in [0.5, 0.6) is 0 Å². The molecule has 0 aliphatic heterocycles. The summed E-state index contributed by atoms with van der Waals surface area (Å²) in [5.41, 5.74) is -0.561. The molecule has 0 radical (unpaired) electrons. The summed E-state index contributed by atoms with van der Waals surface area (Å²) >= 11 is 0. The van der Waals surface area contributed by atoms with Crippen LogP contribution in [0.2, 0.25) is 0 Å². The molecule has 0 spiro atoms. The zero-order valence-electron chi connectivity index (χ0n) is 9.97. The Morgan fingerprint density at radius 1 is 1.36 bits per heavy atom. The fourth-order valence-electron chi connectivity index (χ4n) is 1.75. The van der Waals surface area contributed by atoms with E-state index in [0.717, 1.165) is 12.8 Å². The van der Waals surface area contributed by atoms with Crippen molar-refractivity contribution in [2.75, 3.05) is 0 Å². The van der Waals surface area contributed by atoms with Gasteiger partial charge in [-0.25, -0.2) is 0 Å². The SMILES string of the molecule is CCCCC(CC)CC(C)(C)C(=O)O. The number of rotatable bonds is 7. The Hall–Kier alpha value is -0.530. The second-order valence-electron chi connectivity index (χ2n) is 4.81. The largest absolute Gasteiger partial charge is 0.481 e. The Labute approximate surface area is 87.7 Å². The minimum Gasteiger partial charge on any atom is -0.481 e. The van der Waals surface area contributed by atoms with Gasteiger partial charge in [-0.05, 0) is 26.2 Å². The number of carboxylic acids is 1. The van der Waals surface area contributed by atoms with E-state index in [1.807, 2.05) is 13.8 Å². The monoisotopic (exact) mass is 200 g/mol. The number of carboxylic acid groups (broad SMARTS) is 1. The van der Waals surface area contributed by atoms with Crippen molar-refractivity contribution in [3.8, 4) is 0 Å². The van der Waals surface area contributed by atoms with Crippen molar-refractivity contribution in [3.63, 3.8) is 0 Å². The molecule has 2 nitrogen and oxygen atoms in total. The topological polar surface area (TPSA) is 37.3 Å². The van der Waals surface area contributed by atoms with E-state index in [0.29, 0.717) is 5.92 Å². The Morgan fingerprint density at radius 3 is 2.29 bits per heavy atom. The lowest BCUT2D eigenvalue weighted by Crippen LogP contribution is -2.26. The fourth-order valence-corrected chi connectivity index (χ4v) is 1.75. The van der Waals surface area contributed by atoms with Crippen LogP contribution < -0.4 is 0 Å². The van der Waals surface area contributed by atoms with E-state index < -0.39 is 11.4 Å². The molecule has 14 heavy (non-hydrogen) atoms. The molecule has 0 aliphatic rings. The molecular formula is C12H24O2. The average molecular weight is 200 g/mol. The first kappa shape index (κ1) is 13.5. The number of hydrogen-bond donors (Lipinski definition) is 1. The predicted molar refractivity (Wildman–Crippen MR) is 59.3 cm³/mol. The minimum atomic E-state index is -0.674. The highest BCUT2D eigenvalue weighted by Crippen LogP contribution is 2.30. The molecular weight excluding hydrogens is 176 g/mol. The van der Waals surface area contributed by atoms with Gasteiger partial charge in [-0.2, -0.15) is 0 Å². The van der Waals surface area contributed by atoms with Crippen LogP contribution in [0.1, 0.15) is 59.8 Å². The van der Waals surface area contributed by atoms with Gasteiger partial charge < -0.3 is 5.11 Å². The summed E-state index contributed by atoms with van der Waals surface area (Å²) in [4.78, 5) is 10.9. The van der Waals surface area contributed by atoms with E-state index in [2.05, 4.69) is 13.8 Å². The number of carbonyl (C=O) groups is 1. The molecule has 0 bridgehead atoms.